The van der Waals surface area contributed by atoms with Crippen molar-refractivity contribution in [3.8, 4) is 0 Å². The van der Waals surface area contributed by atoms with Gasteiger partial charge in [-0.2, -0.15) is 11.8 Å². The highest BCUT2D eigenvalue weighted by Gasteiger charge is 2.56. The van der Waals surface area contributed by atoms with Gasteiger partial charge in [-0.25, -0.2) is 11.3 Å². The predicted molar refractivity (Wildman–Crippen MR) is 135 cm³/mol. The van der Waals surface area contributed by atoms with Crippen LogP contribution in [0, 0.1) is 29.1 Å². The molecule has 1 saturated heterocycles. The van der Waals surface area contributed by atoms with Crippen molar-refractivity contribution in [3.05, 3.63) is 42.0 Å². The maximum atomic E-state index is 14.0. The maximum absolute atomic E-state index is 14.0. The third-order valence-electron chi connectivity index (χ3n) is 6.60. The summed E-state index contributed by atoms with van der Waals surface area (Å²) in [6.45, 7) is 5.45. The Labute approximate surface area is 206 Å². The minimum atomic E-state index is -1.41. The molecular formula is C25H38N4O4S. The van der Waals surface area contributed by atoms with Gasteiger partial charge in [0.05, 0.1) is 23.3 Å². The first kappa shape index (κ1) is 28.0. The summed E-state index contributed by atoms with van der Waals surface area (Å²) in [5.74, 6) is 3.13. The molecule has 0 saturated carbocycles. The van der Waals surface area contributed by atoms with E-state index in [1.165, 1.54) is 0 Å². The zero-order chi connectivity index (χ0) is 25.3. The van der Waals surface area contributed by atoms with Gasteiger partial charge in [-0.3, -0.25) is 25.0 Å². The van der Waals surface area contributed by atoms with Crippen LogP contribution in [0.25, 0.3) is 6.08 Å². The number of thioether (sulfide) groups is 1. The van der Waals surface area contributed by atoms with Crippen LogP contribution in [0.5, 0.6) is 0 Å². The van der Waals surface area contributed by atoms with E-state index in [1.54, 1.807) is 30.2 Å². The van der Waals surface area contributed by atoms with Gasteiger partial charge >= 0.3 is 0 Å². The number of amides is 2. The van der Waals surface area contributed by atoms with Gasteiger partial charge in [-0.05, 0) is 55.1 Å². The van der Waals surface area contributed by atoms with E-state index in [9.17, 15) is 19.6 Å². The number of benzene rings is 1. The molecule has 0 aromatic heterocycles. The summed E-state index contributed by atoms with van der Waals surface area (Å²) < 4.78 is 0. The molecule has 1 aliphatic rings. The fraction of sp³-hybridized carbons (Fsp3) is 0.560. The summed E-state index contributed by atoms with van der Waals surface area (Å²) in [5, 5.41) is 9.78. The van der Waals surface area contributed by atoms with Crippen LogP contribution in [-0.2, 0) is 14.4 Å². The molecule has 1 heterocycles. The van der Waals surface area contributed by atoms with Crippen LogP contribution >= 0.6 is 11.8 Å². The molecule has 2 rings (SSSR count). The highest BCUT2D eigenvalue weighted by Crippen LogP contribution is 2.50. The van der Waals surface area contributed by atoms with Gasteiger partial charge in [-0.15, -0.1) is 0 Å². The molecule has 188 valence electrons. The fourth-order valence-corrected chi connectivity index (χ4v) is 6.22. The molecule has 2 amide bonds. The number of carbonyl (C=O) groups is 3. The van der Waals surface area contributed by atoms with Crippen molar-refractivity contribution in [2.45, 2.75) is 46.1 Å². The highest BCUT2D eigenvalue weighted by molar-refractivity contribution is 7.99. The topological polar surface area (TPSA) is 148 Å². The van der Waals surface area contributed by atoms with Crippen molar-refractivity contribution < 1.29 is 19.6 Å². The first-order valence-electron chi connectivity index (χ1n) is 11.7. The fourth-order valence-electron chi connectivity index (χ4n) is 5.11. The number of ketones is 1. The lowest BCUT2D eigenvalue weighted by molar-refractivity contribution is -0.154. The Bertz CT molecular complexity index is 856. The molecular weight excluding hydrogens is 452 g/mol. The van der Waals surface area contributed by atoms with Gasteiger partial charge in [0.1, 0.15) is 0 Å². The quantitative estimate of drug-likeness (QED) is 0.139. The SMILES string of the molecule is CC(C)C[C@@H](C(=O)NN)[C@H](C(=O)NO)C(/C=C/c1ccccc1)(C(=O)[C@@H](C)N)C1CCSCC1. The molecule has 1 aromatic rings. The summed E-state index contributed by atoms with van der Waals surface area (Å²) in [5.41, 5.74) is 9.53. The first-order chi connectivity index (χ1) is 16.2. The molecule has 0 aliphatic carbocycles. The average Bonchev–Trinajstić information content (AvgIpc) is 2.85. The van der Waals surface area contributed by atoms with Crippen molar-refractivity contribution in [2.75, 3.05) is 11.5 Å². The lowest BCUT2D eigenvalue weighted by atomic mass is 9.56. The minimum absolute atomic E-state index is 0.0272. The molecule has 34 heavy (non-hydrogen) atoms. The van der Waals surface area contributed by atoms with E-state index < -0.39 is 35.1 Å². The second kappa shape index (κ2) is 13.0. The van der Waals surface area contributed by atoms with Crippen LogP contribution in [0.3, 0.4) is 0 Å². The Balaban J connectivity index is 2.84. The first-order valence-corrected chi connectivity index (χ1v) is 12.9. The summed E-state index contributed by atoms with van der Waals surface area (Å²) >= 11 is 1.79. The number of allylic oxidation sites excluding steroid dienone is 1. The summed E-state index contributed by atoms with van der Waals surface area (Å²) in [4.78, 5) is 40.4. The van der Waals surface area contributed by atoms with Crippen molar-refractivity contribution in [1.29, 1.82) is 0 Å². The lowest BCUT2D eigenvalue weighted by Crippen LogP contribution is -2.59. The van der Waals surface area contributed by atoms with Crippen molar-refractivity contribution in [3.63, 3.8) is 0 Å². The monoisotopic (exact) mass is 490 g/mol. The number of nitrogens with two attached hydrogens (primary N) is 2. The number of rotatable bonds is 11. The van der Waals surface area contributed by atoms with Crippen LogP contribution in [-0.4, -0.2) is 40.4 Å². The Morgan fingerprint density at radius 2 is 1.76 bits per heavy atom. The van der Waals surface area contributed by atoms with Crippen molar-refractivity contribution in [1.82, 2.24) is 10.9 Å². The molecule has 0 radical (unpaired) electrons. The predicted octanol–water partition coefficient (Wildman–Crippen LogP) is 2.52. The van der Waals surface area contributed by atoms with Gasteiger partial charge < -0.3 is 5.73 Å². The molecule has 8 nitrogen and oxygen atoms in total. The van der Waals surface area contributed by atoms with Crippen LogP contribution < -0.4 is 22.5 Å². The molecule has 0 bridgehead atoms. The van der Waals surface area contributed by atoms with E-state index in [-0.39, 0.29) is 17.6 Å². The van der Waals surface area contributed by atoms with Crippen LogP contribution in [0.1, 0.15) is 45.6 Å². The molecule has 1 unspecified atom stereocenters. The van der Waals surface area contributed by atoms with Gasteiger partial charge in [-0.1, -0.05) is 56.3 Å². The van der Waals surface area contributed by atoms with Crippen LogP contribution in [0.2, 0.25) is 0 Å². The van der Waals surface area contributed by atoms with Crippen molar-refractivity contribution >= 4 is 35.4 Å². The summed E-state index contributed by atoms with van der Waals surface area (Å²) in [7, 11) is 0. The molecule has 1 aromatic carbocycles. The molecule has 1 fully saturated rings. The van der Waals surface area contributed by atoms with Gasteiger partial charge in [0.15, 0.2) is 5.78 Å². The summed E-state index contributed by atoms with van der Waals surface area (Å²) in [6, 6.07) is 8.56. The number of nitrogens with one attached hydrogen (secondary N) is 2. The number of hydrogen-bond donors (Lipinski definition) is 5. The number of hydrogen-bond acceptors (Lipinski definition) is 7. The Hall–Kier alpha value is -2.20. The Morgan fingerprint density at radius 1 is 1.15 bits per heavy atom. The largest absolute Gasteiger partial charge is 0.322 e. The molecule has 0 spiro atoms. The second-order valence-corrected chi connectivity index (χ2v) is 10.6. The molecule has 1 aliphatic heterocycles. The maximum Gasteiger partial charge on any atom is 0.248 e. The molecule has 7 N–H and O–H groups in total. The van der Waals surface area contributed by atoms with E-state index in [4.69, 9.17) is 11.6 Å². The van der Waals surface area contributed by atoms with Gasteiger partial charge in [0, 0.05) is 0 Å². The lowest BCUT2D eigenvalue weighted by Gasteiger charge is -2.47. The number of Topliss-reactive ketones (excluding diaryl/α,β-unsaturated/α-hetero) is 1. The smallest absolute Gasteiger partial charge is 0.248 e. The van der Waals surface area contributed by atoms with E-state index in [1.807, 2.05) is 50.3 Å². The zero-order valence-electron chi connectivity index (χ0n) is 20.2. The van der Waals surface area contributed by atoms with Gasteiger partial charge in [0.2, 0.25) is 11.8 Å². The number of carbonyl (C=O) groups excluding carboxylic acids is 3. The number of hydroxylamine groups is 1. The second-order valence-electron chi connectivity index (χ2n) is 9.41. The molecule has 4 atom stereocenters. The van der Waals surface area contributed by atoms with E-state index in [0.717, 1.165) is 17.1 Å². The van der Waals surface area contributed by atoms with Crippen molar-refractivity contribution in [2.24, 2.45) is 40.7 Å². The third kappa shape index (κ3) is 6.47. The average molecular weight is 491 g/mol. The Morgan fingerprint density at radius 3 is 2.26 bits per heavy atom. The number of hydrazine groups is 1. The van der Waals surface area contributed by atoms with Crippen LogP contribution in [0.4, 0.5) is 0 Å². The highest BCUT2D eigenvalue weighted by atomic mass is 32.2. The molecule has 9 heteroatoms. The third-order valence-corrected chi connectivity index (χ3v) is 7.65. The van der Waals surface area contributed by atoms with Crippen LogP contribution in [0.15, 0.2) is 36.4 Å². The normalized spacial score (nSPS) is 19.3. The zero-order valence-corrected chi connectivity index (χ0v) is 21.0. The standard InChI is InChI=1S/C25H38N4O4S/c1-16(2)15-20(23(31)28-27)21(24(32)29-33)25(22(30)17(3)26,19-10-13-34-14-11-19)12-9-18-7-5-4-6-8-18/h4-9,12,16-17,19-21,33H,10-11,13-15,26-27H2,1-3H3,(H,28,31)(H,29,32)/b12-9+/t17-,20-,21-,25?/m1/s1. The minimum Gasteiger partial charge on any atom is -0.322 e. The van der Waals surface area contributed by atoms with E-state index in [0.29, 0.717) is 19.3 Å². The van der Waals surface area contributed by atoms with E-state index in [2.05, 4.69) is 5.43 Å². The Kier molecular flexibility index (Phi) is 10.8. The summed E-state index contributed by atoms with van der Waals surface area (Å²) in [6.07, 6.45) is 5.22. The van der Waals surface area contributed by atoms with Gasteiger partial charge in [0.25, 0.3) is 0 Å². The van der Waals surface area contributed by atoms with E-state index >= 15 is 0 Å².